The molecule has 6 heteroatoms. The molecule has 0 bridgehead atoms. The van der Waals surface area contributed by atoms with Crippen molar-refractivity contribution in [3.8, 4) is 11.5 Å². The highest BCUT2D eigenvalue weighted by molar-refractivity contribution is 5.77. The van der Waals surface area contributed by atoms with Crippen LogP contribution in [-0.4, -0.2) is 32.4 Å². The molecule has 4 N–H and O–H groups in total. The van der Waals surface area contributed by atoms with Crippen LogP contribution in [0.3, 0.4) is 0 Å². The fraction of sp³-hybridized carbons (Fsp3) is 0.680. The molecular weight excluding hydrogens is 396 g/mol. The van der Waals surface area contributed by atoms with E-state index < -0.39 is 22.8 Å². The number of aliphatic carboxylic acids is 2. The number of aryl methyl sites for hydroxylation is 1. The van der Waals surface area contributed by atoms with Crippen molar-refractivity contribution >= 4 is 11.9 Å². The molecule has 1 aliphatic carbocycles. The minimum atomic E-state index is -0.763. The van der Waals surface area contributed by atoms with E-state index in [2.05, 4.69) is 0 Å². The Balaban J connectivity index is 1.76. The summed E-state index contributed by atoms with van der Waals surface area (Å²) in [6.07, 6.45) is 10.9. The number of rotatable bonds is 15. The summed E-state index contributed by atoms with van der Waals surface area (Å²) in [6.45, 7) is 3.50. The van der Waals surface area contributed by atoms with Crippen LogP contribution in [0.4, 0.5) is 0 Å². The molecule has 31 heavy (non-hydrogen) atoms. The van der Waals surface area contributed by atoms with Crippen LogP contribution in [0.15, 0.2) is 12.1 Å². The van der Waals surface area contributed by atoms with E-state index in [-0.39, 0.29) is 11.5 Å². The lowest BCUT2D eigenvalue weighted by molar-refractivity contribution is -0.147. The van der Waals surface area contributed by atoms with Gasteiger partial charge in [0.05, 0.1) is 10.8 Å². The molecule has 1 aromatic carbocycles. The van der Waals surface area contributed by atoms with Crippen molar-refractivity contribution in [2.24, 2.45) is 10.8 Å². The van der Waals surface area contributed by atoms with E-state index in [0.29, 0.717) is 6.42 Å². The average Bonchev–Trinajstić information content (AvgIpc) is 3.46. The fourth-order valence-electron chi connectivity index (χ4n) is 4.22. The lowest BCUT2D eigenvalue weighted by Gasteiger charge is -2.18. The normalized spacial score (nSPS) is 15.0. The van der Waals surface area contributed by atoms with Crippen LogP contribution in [-0.2, 0) is 22.4 Å². The van der Waals surface area contributed by atoms with Crippen molar-refractivity contribution in [2.75, 3.05) is 0 Å². The van der Waals surface area contributed by atoms with E-state index in [1.165, 1.54) is 6.07 Å². The molecule has 0 heterocycles. The van der Waals surface area contributed by atoms with Crippen LogP contribution in [0.1, 0.15) is 95.6 Å². The predicted molar refractivity (Wildman–Crippen MR) is 119 cm³/mol. The Labute approximate surface area is 185 Å². The molecule has 1 fully saturated rings. The summed E-state index contributed by atoms with van der Waals surface area (Å²) in [5.74, 6) is -1.24. The first kappa shape index (κ1) is 25.0. The minimum absolute atomic E-state index is 0.0648. The summed E-state index contributed by atoms with van der Waals surface area (Å²) >= 11 is 0. The zero-order valence-corrected chi connectivity index (χ0v) is 19.0. The van der Waals surface area contributed by atoms with Gasteiger partial charge >= 0.3 is 11.9 Å². The Bertz CT molecular complexity index is 764. The van der Waals surface area contributed by atoms with E-state index in [0.717, 1.165) is 88.2 Å². The largest absolute Gasteiger partial charge is 0.508 e. The monoisotopic (exact) mass is 434 g/mol. The average molecular weight is 435 g/mol. The molecule has 0 unspecified atom stereocenters. The number of benzene rings is 1. The van der Waals surface area contributed by atoms with Gasteiger partial charge in [-0.1, -0.05) is 32.1 Å². The number of carboxylic acids is 2. The van der Waals surface area contributed by atoms with Crippen LogP contribution >= 0.6 is 0 Å². The van der Waals surface area contributed by atoms with E-state index in [1.54, 1.807) is 19.9 Å². The van der Waals surface area contributed by atoms with Gasteiger partial charge in [0, 0.05) is 6.07 Å². The molecule has 1 aromatic rings. The highest BCUT2D eigenvalue weighted by Crippen LogP contribution is 2.50. The Kier molecular flexibility index (Phi) is 8.78. The second-order valence-corrected chi connectivity index (χ2v) is 9.85. The standard InChI is InChI=1S/C25H38O6/c1-24(2,22(28)29)12-8-4-3-7-11-20-18(16-19(26)17-21(20)27)10-6-5-9-13-25(14-15-25)23(30)31/h16-17,26-27H,3-15H2,1-2H3,(H,28,29)(H,30,31). The molecule has 0 spiro atoms. The molecule has 174 valence electrons. The van der Waals surface area contributed by atoms with Crippen LogP contribution < -0.4 is 0 Å². The molecule has 0 radical (unpaired) electrons. The molecule has 1 aliphatic rings. The van der Waals surface area contributed by atoms with Gasteiger partial charge in [0.2, 0.25) is 0 Å². The lowest BCUT2D eigenvalue weighted by atomic mass is 9.87. The summed E-state index contributed by atoms with van der Waals surface area (Å²) in [5.41, 5.74) is 0.692. The second kappa shape index (κ2) is 10.9. The smallest absolute Gasteiger partial charge is 0.309 e. The molecule has 0 aliphatic heterocycles. The number of unbranched alkanes of at least 4 members (excludes halogenated alkanes) is 5. The Morgan fingerprint density at radius 2 is 1.52 bits per heavy atom. The highest BCUT2D eigenvalue weighted by Gasteiger charge is 2.49. The van der Waals surface area contributed by atoms with Gasteiger partial charge in [-0.3, -0.25) is 9.59 Å². The van der Waals surface area contributed by atoms with E-state index in [9.17, 15) is 30.0 Å². The van der Waals surface area contributed by atoms with Gasteiger partial charge in [-0.15, -0.1) is 0 Å². The van der Waals surface area contributed by atoms with Gasteiger partial charge in [0.25, 0.3) is 0 Å². The van der Waals surface area contributed by atoms with Crippen molar-refractivity contribution in [1.82, 2.24) is 0 Å². The molecule has 1 saturated carbocycles. The maximum Gasteiger partial charge on any atom is 0.309 e. The Morgan fingerprint density at radius 1 is 0.903 bits per heavy atom. The van der Waals surface area contributed by atoms with E-state index in [1.807, 2.05) is 0 Å². The predicted octanol–water partition coefficient (Wildman–Crippen LogP) is 5.67. The van der Waals surface area contributed by atoms with E-state index >= 15 is 0 Å². The third-order valence-corrected chi connectivity index (χ3v) is 6.77. The topological polar surface area (TPSA) is 115 Å². The number of carboxylic acid groups (broad SMARTS) is 2. The van der Waals surface area contributed by atoms with Crippen molar-refractivity contribution < 1.29 is 30.0 Å². The highest BCUT2D eigenvalue weighted by atomic mass is 16.4. The number of hydrogen-bond donors (Lipinski definition) is 4. The van der Waals surface area contributed by atoms with E-state index in [4.69, 9.17) is 0 Å². The molecule has 0 atom stereocenters. The maximum atomic E-state index is 11.3. The first-order chi connectivity index (χ1) is 14.6. The summed E-state index contributed by atoms with van der Waals surface area (Å²) in [4.78, 5) is 22.4. The first-order valence-corrected chi connectivity index (χ1v) is 11.6. The van der Waals surface area contributed by atoms with Crippen LogP contribution in [0, 0.1) is 10.8 Å². The number of hydrogen-bond acceptors (Lipinski definition) is 4. The van der Waals surface area contributed by atoms with Gasteiger partial charge in [-0.2, -0.15) is 0 Å². The zero-order chi connectivity index (χ0) is 23.1. The SMILES string of the molecule is CC(C)(CCCCCCc1c(O)cc(O)cc1CCCCCC1(C(=O)O)CC1)C(=O)O. The Hall–Kier alpha value is -2.24. The number of aromatic hydroxyl groups is 2. The van der Waals surface area contributed by atoms with Crippen LogP contribution in [0.2, 0.25) is 0 Å². The molecule has 0 amide bonds. The zero-order valence-electron chi connectivity index (χ0n) is 19.0. The molecule has 0 aromatic heterocycles. The van der Waals surface area contributed by atoms with Crippen LogP contribution in [0.5, 0.6) is 11.5 Å². The fourth-order valence-corrected chi connectivity index (χ4v) is 4.22. The Morgan fingerprint density at radius 3 is 2.13 bits per heavy atom. The van der Waals surface area contributed by atoms with Crippen molar-refractivity contribution in [1.29, 1.82) is 0 Å². The number of phenols is 2. The van der Waals surface area contributed by atoms with Gasteiger partial charge in [-0.25, -0.2) is 0 Å². The van der Waals surface area contributed by atoms with Crippen molar-refractivity contribution in [3.63, 3.8) is 0 Å². The number of carbonyl (C=O) groups is 2. The van der Waals surface area contributed by atoms with Gasteiger partial charge < -0.3 is 20.4 Å². The summed E-state index contributed by atoms with van der Waals surface area (Å²) in [7, 11) is 0. The van der Waals surface area contributed by atoms with Gasteiger partial charge in [0.1, 0.15) is 11.5 Å². The summed E-state index contributed by atoms with van der Waals surface area (Å²) in [5, 5.41) is 38.6. The second-order valence-electron chi connectivity index (χ2n) is 9.85. The molecule has 6 nitrogen and oxygen atoms in total. The lowest BCUT2D eigenvalue weighted by Crippen LogP contribution is -2.23. The first-order valence-electron chi connectivity index (χ1n) is 11.6. The third-order valence-electron chi connectivity index (χ3n) is 6.77. The maximum absolute atomic E-state index is 11.3. The summed E-state index contributed by atoms with van der Waals surface area (Å²) < 4.78 is 0. The van der Waals surface area contributed by atoms with Gasteiger partial charge in [0.15, 0.2) is 0 Å². The number of phenolic OH excluding ortho intramolecular Hbond substituents is 2. The van der Waals surface area contributed by atoms with Crippen LogP contribution in [0.25, 0.3) is 0 Å². The van der Waals surface area contributed by atoms with Crippen molar-refractivity contribution in [3.05, 3.63) is 23.3 Å². The van der Waals surface area contributed by atoms with Gasteiger partial charge in [-0.05, 0) is 82.4 Å². The molecular formula is C25H38O6. The van der Waals surface area contributed by atoms with Crippen molar-refractivity contribution in [2.45, 2.75) is 97.3 Å². The quantitative estimate of drug-likeness (QED) is 0.264. The minimum Gasteiger partial charge on any atom is -0.508 e. The third kappa shape index (κ3) is 7.44. The molecule has 0 saturated heterocycles. The molecule has 2 rings (SSSR count). The summed E-state index contributed by atoms with van der Waals surface area (Å²) in [6, 6.07) is 3.11.